The number of halogens is 1. The summed E-state index contributed by atoms with van der Waals surface area (Å²) >= 11 is 1.19. The molecule has 0 spiro atoms. The number of ether oxygens (including phenoxy) is 2. The van der Waals surface area contributed by atoms with Gasteiger partial charge in [0.15, 0.2) is 0 Å². The first-order valence-electron chi connectivity index (χ1n) is 14.3. The van der Waals surface area contributed by atoms with Crippen LogP contribution in [0.15, 0.2) is 52.3 Å². The number of fused-ring (bicyclic) bond motifs is 1. The fourth-order valence-corrected chi connectivity index (χ4v) is 6.50. The van der Waals surface area contributed by atoms with E-state index in [1.165, 1.54) is 58.4 Å². The minimum Gasteiger partial charge on any atom is -0.496 e. The summed E-state index contributed by atoms with van der Waals surface area (Å²) < 4.78 is 29.7. The lowest BCUT2D eigenvalue weighted by atomic mass is 10.1. The van der Waals surface area contributed by atoms with Crippen LogP contribution in [-0.4, -0.2) is 82.5 Å². The number of benzene rings is 1. The minimum atomic E-state index is -0.953. The molecule has 0 bridgehead atoms. The molecule has 0 saturated carbocycles. The van der Waals surface area contributed by atoms with Crippen molar-refractivity contribution in [3.8, 4) is 10.8 Å². The predicted molar refractivity (Wildman–Crippen MR) is 165 cm³/mol. The van der Waals surface area contributed by atoms with Gasteiger partial charge in [-0.3, -0.25) is 14.2 Å². The molecule has 4 heterocycles. The number of carbonyl (C=O) groups is 1. The van der Waals surface area contributed by atoms with Gasteiger partial charge in [-0.05, 0) is 44.0 Å². The largest absolute Gasteiger partial charge is 0.496 e. The topological polar surface area (TPSA) is 122 Å². The normalized spacial score (nSPS) is 16.2. The lowest BCUT2D eigenvalue weighted by molar-refractivity contribution is -0.864. The molecule has 1 saturated heterocycles. The van der Waals surface area contributed by atoms with Crippen LogP contribution in [0.25, 0.3) is 15.2 Å². The zero-order chi connectivity index (χ0) is 31.6. The van der Waals surface area contributed by atoms with Gasteiger partial charge in [0.2, 0.25) is 5.91 Å². The number of rotatable bonds is 12. The number of nitrogens with zero attached hydrogens (tertiary/aromatic N) is 6. The van der Waals surface area contributed by atoms with E-state index in [2.05, 4.69) is 42.7 Å². The molecular weight excluding hydrogens is 589 g/mol. The van der Waals surface area contributed by atoms with Crippen molar-refractivity contribution in [1.29, 1.82) is 0 Å². The summed E-state index contributed by atoms with van der Waals surface area (Å²) in [4.78, 5) is 42.6. The van der Waals surface area contributed by atoms with Crippen molar-refractivity contribution in [2.45, 2.75) is 38.5 Å². The molecule has 1 aliphatic rings. The summed E-state index contributed by atoms with van der Waals surface area (Å²) in [6.07, 6.45) is 7.21. The highest BCUT2D eigenvalue weighted by molar-refractivity contribution is 7.21. The fraction of sp³-hybridized carbons (Fsp3) is 0.433. The second-order valence-electron chi connectivity index (χ2n) is 11.7. The molecular formula is C30H37FN7O5S+. The van der Waals surface area contributed by atoms with Crippen LogP contribution in [-0.2, 0) is 16.1 Å². The standard InChI is InChI=1S/C30H36FN7O5S/c1-19-25-27(40)36(22-11-12-32-26(22)39)30(41)35(29(25)44-28(19)37-33-13-14-34-37)18-24(21-17-20(31)9-10-23(21)42-5)43-16-8-6-7-15-38(2,3)4/h6-7,9-10,13-14,17,22,24H,8,11-12,15-16,18H2,1-5H3/p+1/b7-6-/t22-,24-/m0/s1. The van der Waals surface area contributed by atoms with Crippen LogP contribution in [0.2, 0.25) is 0 Å². The minimum absolute atomic E-state index is 0.0711. The molecule has 234 valence electrons. The highest BCUT2D eigenvalue weighted by Crippen LogP contribution is 2.34. The maximum absolute atomic E-state index is 14.6. The van der Waals surface area contributed by atoms with Crippen molar-refractivity contribution in [1.82, 2.24) is 29.4 Å². The fourth-order valence-electron chi connectivity index (χ4n) is 5.28. The molecule has 0 unspecified atom stereocenters. The molecule has 1 aromatic carbocycles. The molecule has 0 aliphatic carbocycles. The Bertz CT molecular complexity index is 1800. The van der Waals surface area contributed by atoms with Crippen molar-refractivity contribution in [2.75, 3.05) is 47.9 Å². The van der Waals surface area contributed by atoms with E-state index in [4.69, 9.17) is 9.47 Å². The third-order valence-corrected chi connectivity index (χ3v) is 8.74. The van der Waals surface area contributed by atoms with Gasteiger partial charge in [0, 0.05) is 17.7 Å². The van der Waals surface area contributed by atoms with Crippen molar-refractivity contribution in [3.63, 3.8) is 0 Å². The van der Waals surface area contributed by atoms with E-state index in [9.17, 15) is 18.8 Å². The maximum atomic E-state index is 14.6. The van der Waals surface area contributed by atoms with Gasteiger partial charge in [-0.2, -0.15) is 10.2 Å². The van der Waals surface area contributed by atoms with Crippen molar-refractivity contribution >= 4 is 27.5 Å². The number of amides is 1. The zero-order valence-electron chi connectivity index (χ0n) is 25.4. The Kier molecular flexibility index (Phi) is 9.13. The number of hydrogen-bond donors (Lipinski definition) is 1. The summed E-state index contributed by atoms with van der Waals surface area (Å²) in [5.74, 6) is -0.480. The van der Waals surface area contributed by atoms with Gasteiger partial charge in [0.05, 0.1) is 65.7 Å². The second-order valence-corrected chi connectivity index (χ2v) is 12.7. The SMILES string of the molecule is COc1ccc(F)cc1[C@H](Cn1c(=O)n([C@H]2CCNC2=O)c(=O)c2c(C)c(-n3nccn3)sc21)OCC/C=C\C[N+](C)(C)C. The third kappa shape index (κ3) is 6.37. The van der Waals surface area contributed by atoms with Crippen molar-refractivity contribution in [3.05, 3.63) is 80.5 Å². The smallest absolute Gasteiger partial charge is 0.332 e. The van der Waals surface area contributed by atoms with Crippen molar-refractivity contribution in [2.24, 2.45) is 0 Å². The van der Waals surface area contributed by atoms with Crippen LogP contribution >= 0.6 is 11.3 Å². The highest BCUT2D eigenvalue weighted by atomic mass is 32.1. The first-order valence-corrected chi connectivity index (χ1v) is 15.1. The number of aryl methyl sites for hydroxylation is 1. The lowest BCUT2D eigenvalue weighted by Crippen LogP contribution is -2.44. The number of quaternary nitrogens is 1. The molecule has 4 aromatic rings. The molecule has 1 N–H and O–H groups in total. The number of nitrogens with one attached hydrogen (secondary N) is 1. The van der Waals surface area contributed by atoms with Crippen LogP contribution in [0.3, 0.4) is 0 Å². The third-order valence-electron chi connectivity index (χ3n) is 7.46. The van der Waals surface area contributed by atoms with Crippen LogP contribution < -0.4 is 21.3 Å². The molecule has 1 aliphatic heterocycles. The van der Waals surface area contributed by atoms with Crippen molar-refractivity contribution < 1.29 is 23.1 Å². The average molecular weight is 627 g/mol. The Balaban J connectivity index is 1.63. The second kappa shape index (κ2) is 12.8. The van der Waals surface area contributed by atoms with Gasteiger partial charge in [-0.15, -0.1) is 4.80 Å². The van der Waals surface area contributed by atoms with E-state index in [-0.39, 0.29) is 18.5 Å². The number of hydrogen-bond acceptors (Lipinski definition) is 8. The molecule has 1 amide bonds. The van der Waals surface area contributed by atoms with E-state index in [0.29, 0.717) is 46.1 Å². The highest BCUT2D eigenvalue weighted by Gasteiger charge is 2.33. The zero-order valence-corrected chi connectivity index (χ0v) is 26.3. The lowest BCUT2D eigenvalue weighted by Gasteiger charge is -2.23. The van der Waals surface area contributed by atoms with Gasteiger partial charge < -0.3 is 19.3 Å². The summed E-state index contributed by atoms with van der Waals surface area (Å²) in [7, 11) is 7.78. The summed E-state index contributed by atoms with van der Waals surface area (Å²) in [5.41, 5.74) is -0.215. The summed E-state index contributed by atoms with van der Waals surface area (Å²) in [6.45, 7) is 3.17. The Morgan fingerprint density at radius 3 is 2.59 bits per heavy atom. The maximum Gasteiger partial charge on any atom is 0.332 e. The first-order chi connectivity index (χ1) is 21.0. The predicted octanol–water partition coefficient (Wildman–Crippen LogP) is 2.73. The van der Waals surface area contributed by atoms with Crippen LogP contribution in [0.1, 0.15) is 36.1 Å². The Morgan fingerprint density at radius 1 is 1.18 bits per heavy atom. The monoisotopic (exact) mass is 626 g/mol. The molecule has 0 radical (unpaired) electrons. The van der Waals surface area contributed by atoms with E-state index in [1.54, 1.807) is 6.92 Å². The Hall–Kier alpha value is -4.14. The molecule has 44 heavy (non-hydrogen) atoms. The van der Waals surface area contributed by atoms with E-state index < -0.39 is 35.1 Å². The van der Waals surface area contributed by atoms with Gasteiger partial charge in [0.25, 0.3) is 5.56 Å². The van der Waals surface area contributed by atoms with Crippen LogP contribution in [0.4, 0.5) is 4.39 Å². The van der Waals surface area contributed by atoms with Gasteiger partial charge in [-0.25, -0.2) is 13.8 Å². The van der Waals surface area contributed by atoms with E-state index in [1.807, 2.05) is 6.08 Å². The number of likely N-dealkylation sites (N-methyl/N-ethyl adjacent to an activating group) is 1. The number of carbonyl (C=O) groups excluding carboxylic acids is 1. The molecule has 1 fully saturated rings. The molecule has 14 heteroatoms. The average Bonchev–Trinajstić information content (AvgIpc) is 3.72. The van der Waals surface area contributed by atoms with Crippen LogP contribution in [0.5, 0.6) is 5.75 Å². The number of aromatic nitrogens is 5. The van der Waals surface area contributed by atoms with E-state index in [0.717, 1.165) is 15.6 Å². The van der Waals surface area contributed by atoms with Crippen LogP contribution in [0, 0.1) is 12.7 Å². The summed E-state index contributed by atoms with van der Waals surface area (Å²) in [6, 6.07) is 3.19. The Labute approximate surface area is 257 Å². The number of thiophene rings is 1. The van der Waals surface area contributed by atoms with Gasteiger partial charge in [-0.1, -0.05) is 17.4 Å². The number of methoxy groups -OCH3 is 1. The molecule has 2 atom stereocenters. The van der Waals surface area contributed by atoms with Gasteiger partial charge in [0.1, 0.15) is 33.5 Å². The van der Waals surface area contributed by atoms with Gasteiger partial charge >= 0.3 is 5.69 Å². The first kappa shape index (κ1) is 31.3. The molecule has 3 aromatic heterocycles. The Morgan fingerprint density at radius 2 is 1.93 bits per heavy atom. The molecule has 5 rings (SSSR count). The quantitative estimate of drug-likeness (QED) is 0.146. The molecule has 12 nitrogen and oxygen atoms in total. The van der Waals surface area contributed by atoms with E-state index >= 15 is 0 Å². The summed E-state index contributed by atoms with van der Waals surface area (Å²) in [5, 5.41) is 12.0.